The van der Waals surface area contributed by atoms with Crippen molar-refractivity contribution >= 4 is 23.7 Å². The highest BCUT2D eigenvalue weighted by Crippen LogP contribution is 2.32. The monoisotopic (exact) mass is 352 g/mol. The van der Waals surface area contributed by atoms with Crippen LogP contribution in [-0.4, -0.2) is 60.4 Å². The summed E-state index contributed by atoms with van der Waals surface area (Å²) in [5.74, 6) is -2.01. The molecule has 1 aromatic carbocycles. The Morgan fingerprint density at radius 1 is 1.36 bits per heavy atom. The van der Waals surface area contributed by atoms with Gasteiger partial charge in [0.2, 0.25) is 5.91 Å². The number of cyclic esters (lactones) is 1. The summed E-state index contributed by atoms with van der Waals surface area (Å²) in [4.78, 5) is 37.7. The molecule has 9 heteroatoms. The maximum absolute atomic E-state index is 13.7. The van der Waals surface area contributed by atoms with Gasteiger partial charge in [0.25, 0.3) is 0 Å². The minimum absolute atomic E-state index is 0.168. The maximum atomic E-state index is 13.7. The van der Waals surface area contributed by atoms with Gasteiger partial charge in [-0.25, -0.2) is 14.0 Å². The van der Waals surface area contributed by atoms with Crippen LogP contribution in [0.4, 0.5) is 14.9 Å². The Bertz CT molecular complexity index is 710. The number of hydrogen-bond donors (Lipinski definition) is 1. The molecule has 2 aliphatic heterocycles. The van der Waals surface area contributed by atoms with E-state index in [0.717, 1.165) is 0 Å². The van der Waals surface area contributed by atoms with E-state index in [1.807, 2.05) is 0 Å². The predicted octanol–water partition coefficient (Wildman–Crippen LogP) is 0.984. The molecule has 1 saturated heterocycles. The molecule has 1 N–H and O–H groups in total. The van der Waals surface area contributed by atoms with Crippen molar-refractivity contribution in [1.29, 1.82) is 0 Å². The lowest BCUT2D eigenvalue weighted by atomic mass is 10.1. The molecule has 0 aliphatic carbocycles. The summed E-state index contributed by atoms with van der Waals surface area (Å²) < 4.78 is 23.6. The predicted molar refractivity (Wildman–Crippen MR) is 82.5 cm³/mol. The highest BCUT2D eigenvalue weighted by atomic mass is 19.1. The molecule has 1 fully saturated rings. The summed E-state index contributed by atoms with van der Waals surface area (Å²) in [6.45, 7) is -0.218. The van der Waals surface area contributed by atoms with Gasteiger partial charge in [0.15, 0.2) is 0 Å². The molecule has 0 bridgehead atoms. The van der Waals surface area contributed by atoms with Gasteiger partial charge in [-0.15, -0.1) is 0 Å². The number of carboxylic acid groups (broad SMARTS) is 1. The lowest BCUT2D eigenvalue weighted by Gasteiger charge is -2.32. The number of rotatable bonds is 4. The van der Waals surface area contributed by atoms with Crippen LogP contribution in [0.3, 0.4) is 0 Å². The maximum Gasteiger partial charge on any atom is 0.414 e. The number of aliphatic carboxylic acids is 1. The molecule has 25 heavy (non-hydrogen) atoms. The molecular formula is C16H17FN2O6. The summed E-state index contributed by atoms with van der Waals surface area (Å²) in [6.07, 6.45) is -0.0618. The number of ether oxygens (including phenoxy) is 2. The number of anilines is 1. The Morgan fingerprint density at radius 3 is 2.92 bits per heavy atom. The number of benzene rings is 1. The SMILES string of the molecule is O=C(O)COCC(=O)N1CC[C@H]2COC(=O)N2c2cc(F)ccc2C1. The summed E-state index contributed by atoms with van der Waals surface area (Å²) in [7, 11) is 0. The molecule has 0 spiro atoms. The molecule has 1 aromatic rings. The van der Waals surface area contributed by atoms with Crippen LogP contribution in [0.25, 0.3) is 0 Å². The molecular weight excluding hydrogens is 335 g/mol. The van der Waals surface area contributed by atoms with Crippen LogP contribution in [0.1, 0.15) is 12.0 Å². The van der Waals surface area contributed by atoms with E-state index >= 15 is 0 Å². The van der Waals surface area contributed by atoms with Crippen LogP contribution >= 0.6 is 0 Å². The number of carbonyl (C=O) groups excluding carboxylic acids is 2. The normalized spacial score (nSPS) is 19.6. The van der Waals surface area contributed by atoms with Crippen LogP contribution < -0.4 is 4.90 Å². The first kappa shape index (κ1) is 17.2. The first-order valence-electron chi connectivity index (χ1n) is 7.77. The average molecular weight is 352 g/mol. The van der Waals surface area contributed by atoms with Gasteiger partial charge in [-0.2, -0.15) is 0 Å². The number of halogens is 1. The number of amides is 2. The Kier molecular flexibility index (Phi) is 4.84. The number of carbonyl (C=O) groups is 3. The smallest absolute Gasteiger partial charge is 0.414 e. The standard InChI is InChI=1S/C16H17FN2O6/c17-11-2-1-10-6-18(14(20)8-24-9-15(21)22)4-3-12-7-25-16(23)19(12)13(10)5-11/h1-2,5,12H,3-4,6-9H2,(H,21,22)/t12-/m0/s1. The van der Waals surface area contributed by atoms with Gasteiger partial charge in [-0.05, 0) is 24.1 Å². The molecule has 1 atom stereocenters. The molecule has 3 rings (SSSR count). The van der Waals surface area contributed by atoms with Crippen molar-refractivity contribution in [1.82, 2.24) is 4.90 Å². The van der Waals surface area contributed by atoms with Gasteiger partial charge in [-0.3, -0.25) is 9.69 Å². The molecule has 2 amide bonds. The lowest BCUT2D eigenvalue weighted by Crippen LogP contribution is -2.43. The third kappa shape index (κ3) is 3.71. The molecule has 8 nitrogen and oxygen atoms in total. The molecule has 0 saturated carbocycles. The summed E-state index contributed by atoms with van der Waals surface area (Å²) in [5.41, 5.74) is 0.994. The fourth-order valence-corrected chi connectivity index (χ4v) is 2.98. The first-order valence-corrected chi connectivity index (χ1v) is 7.77. The third-order valence-corrected chi connectivity index (χ3v) is 4.17. The van der Waals surface area contributed by atoms with E-state index in [1.54, 1.807) is 0 Å². The molecule has 0 aromatic heterocycles. The number of hydrogen-bond acceptors (Lipinski definition) is 5. The van der Waals surface area contributed by atoms with Crippen LogP contribution in [0.2, 0.25) is 0 Å². The first-order chi connectivity index (χ1) is 12.0. The van der Waals surface area contributed by atoms with E-state index in [4.69, 9.17) is 14.6 Å². The van der Waals surface area contributed by atoms with E-state index in [9.17, 15) is 18.8 Å². The number of fused-ring (bicyclic) bond motifs is 3. The zero-order chi connectivity index (χ0) is 18.0. The third-order valence-electron chi connectivity index (χ3n) is 4.17. The topological polar surface area (TPSA) is 96.4 Å². The second-order valence-electron chi connectivity index (χ2n) is 5.86. The van der Waals surface area contributed by atoms with E-state index in [-0.39, 0.29) is 31.7 Å². The van der Waals surface area contributed by atoms with Crippen molar-refractivity contribution in [3.8, 4) is 0 Å². The molecule has 0 radical (unpaired) electrons. The van der Waals surface area contributed by atoms with Crippen LogP contribution in [0.15, 0.2) is 18.2 Å². The van der Waals surface area contributed by atoms with Crippen LogP contribution in [0.5, 0.6) is 0 Å². The average Bonchev–Trinajstić information content (AvgIpc) is 2.90. The quantitative estimate of drug-likeness (QED) is 0.868. The van der Waals surface area contributed by atoms with Crippen molar-refractivity contribution in [2.24, 2.45) is 0 Å². The van der Waals surface area contributed by atoms with Crippen LogP contribution in [-0.2, 0) is 25.6 Å². The Labute approximate surface area is 142 Å². The Morgan fingerprint density at radius 2 is 2.16 bits per heavy atom. The van der Waals surface area contributed by atoms with E-state index < -0.39 is 24.5 Å². The summed E-state index contributed by atoms with van der Waals surface area (Å²) in [6, 6.07) is 3.75. The zero-order valence-electron chi connectivity index (χ0n) is 13.3. The minimum atomic E-state index is -1.15. The van der Waals surface area contributed by atoms with Gasteiger partial charge in [0.05, 0.1) is 11.7 Å². The van der Waals surface area contributed by atoms with Gasteiger partial charge in [-0.1, -0.05) is 6.07 Å². The van der Waals surface area contributed by atoms with Crippen molar-refractivity contribution in [3.05, 3.63) is 29.6 Å². The summed E-state index contributed by atoms with van der Waals surface area (Å²) in [5, 5.41) is 8.57. The summed E-state index contributed by atoms with van der Waals surface area (Å²) >= 11 is 0. The number of nitrogens with zero attached hydrogens (tertiary/aromatic N) is 2. The van der Waals surface area contributed by atoms with E-state index in [0.29, 0.717) is 24.2 Å². The second-order valence-corrected chi connectivity index (χ2v) is 5.86. The lowest BCUT2D eigenvalue weighted by molar-refractivity contribution is -0.146. The molecule has 2 heterocycles. The molecule has 134 valence electrons. The van der Waals surface area contributed by atoms with E-state index in [2.05, 4.69) is 0 Å². The van der Waals surface area contributed by atoms with E-state index in [1.165, 1.54) is 28.0 Å². The Balaban J connectivity index is 1.82. The van der Waals surface area contributed by atoms with Crippen molar-refractivity contribution < 1.29 is 33.4 Å². The Hall–Kier alpha value is -2.68. The van der Waals surface area contributed by atoms with Crippen LogP contribution in [0, 0.1) is 5.82 Å². The fraction of sp³-hybridized carbons (Fsp3) is 0.438. The highest BCUT2D eigenvalue weighted by Gasteiger charge is 2.37. The zero-order valence-corrected chi connectivity index (χ0v) is 13.3. The van der Waals surface area contributed by atoms with Gasteiger partial charge in [0, 0.05) is 13.1 Å². The van der Waals surface area contributed by atoms with Gasteiger partial charge >= 0.3 is 12.1 Å². The molecule has 0 unspecified atom stereocenters. The van der Waals surface area contributed by atoms with Gasteiger partial charge < -0.3 is 19.5 Å². The molecule has 2 aliphatic rings. The van der Waals surface area contributed by atoms with Crippen molar-refractivity contribution in [3.63, 3.8) is 0 Å². The van der Waals surface area contributed by atoms with Gasteiger partial charge in [0.1, 0.15) is 25.6 Å². The fourth-order valence-electron chi connectivity index (χ4n) is 2.98. The largest absolute Gasteiger partial charge is 0.480 e. The highest BCUT2D eigenvalue weighted by molar-refractivity contribution is 5.91. The minimum Gasteiger partial charge on any atom is -0.480 e. The van der Waals surface area contributed by atoms with Crippen molar-refractivity contribution in [2.75, 3.05) is 31.3 Å². The second kappa shape index (κ2) is 7.06. The van der Waals surface area contributed by atoms with Crippen molar-refractivity contribution in [2.45, 2.75) is 19.0 Å². The number of carboxylic acids is 1.